The van der Waals surface area contributed by atoms with E-state index in [1.165, 1.54) is 6.92 Å². The van der Waals surface area contributed by atoms with Crippen molar-refractivity contribution in [1.29, 1.82) is 0 Å². The molecular formula is C8H16FNO2. The molecule has 0 bridgehead atoms. The number of alkyl halides is 1. The third kappa shape index (κ3) is 2.69. The largest absolute Gasteiger partial charge is 0.389 e. The SMILES string of the molecule is CC(F)CCN1C[C@@H](O)[C@@H](O)C1. The maximum Gasteiger partial charge on any atom is 0.0985 e. The van der Waals surface area contributed by atoms with E-state index in [0.29, 0.717) is 26.1 Å². The summed E-state index contributed by atoms with van der Waals surface area (Å²) in [5.74, 6) is 0. The van der Waals surface area contributed by atoms with E-state index in [1.54, 1.807) is 0 Å². The van der Waals surface area contributed by atoms with Crippen LogP contribution in [-0.2, 0) is 0 Å². The van der Waals surface area contributed by atoms with Crippen LogP contribution in [0.5, 0.6) is 0 Å². The zero-order valence-corrected chi connectivity index (χ0v) is 7.28. The summed E-state index contributed by atoms with van der Waals surface area (Å²) >= 11 is 0. The van der Waals surface area contributed by atoms with Crippen molar-refractivity contribution in [3.63, 3.8) is 0 Å². The van der Waals surface area contributed by atoms with Gasteiger partial charge in [0.1, 0.15) is 0 Å². The van der Waals surface area contributed by atoms with Gasteiger partial charge in [-0.05, 0) is 13.3 Å². The van der Waals surface area contributed by atoms with Gasteiger partial charge in [0, 0.05) is 19.6 Å². The highest BCUT2D eigenvalue weighted by Gasteiger charge is 2.28. The van der Waals surface area contributed by atoms with Gasteiger partial charge in [0.25, 0.3) is 0 Å². The van der Waals surface area contributed by atoms with E-state index >= 15 is 0 Å². The Morgan fingerprint density at radius 3 is 2.33 bits per heavy atom. The number of hydrogen-bond acceptors (Lipinski definition) is 3. The van der Waals surface area contributed by atoms with Crippen molar-refractivity contribution < 1.29 is 14.6 Å². The molecule has 1 heterocycles. The molecule has 2 N–H and O–H groups in total. The van der Waals surface area contributed by atoms with Crippen molar-refractivity contribution in [3.05, 3.63) is 0 Å². The molecule has 0 aromatic carbocycles. The van der Waals surface area contributed by atoms with Gasteiger partial charge in [0.15, 0.2) is 0 Å². The lowest BCUT2D eigenvalue weighted by atomic mass is 10.3. The number of nitrogens with zero attached hydrogens (tertiary/aromatic N) is 1. The number of halogens is 1. The van der Waals surface area contributed by atoms with Crippen LogP contribution in [0, 0.1) is 0 Å². The first-order valence-electron chi connectivity index (χ1n) is 4.32. The highest BCUT2D eigenvalue weighted by atomic mass is 19.1. The summed E-state index contributed by atoms with van der Waals surface area (Å²) in [4.78, 5) is 1.88. The van der Waals surface area contributed by atoms with Crippen molar-refractivity contribution in [3.8, 4) is 0 Å². The molecule has 1 fully saturated rings. The van der Waals surface area contributed by atoms with Crippen LogP contribution in [-0.4, -0.2) is 53.1 Å². The van der Waals surface area contributed by atoms with Crippen LogP contribution < -0.4 is 0 Å². The summed E-state index contributed by atoms with van der Waals surface area (Å²) in [5, 5.41) is 18.3. The third-order valence-electron chi connectivity index (χ3n) is 2.18. The van der Waals surface area contributed by atoms with Crippen LogP contribution >= 0.6 is 0 Å². The molecule has 0 saturated carbocycles. The van der Waals surface area contributed by atoms with Crippen molar-refractivity contribution in [2.45, 2.75) is 31.7 Å². The monoisotopic (exact) mass is 177 g/mol. The Hall–Kier alpha value is -0.190. The van der Waals surface area contributed by atoms with Gasteiger partial charge in [0.2, 0.25) is 0 Å². The molecule has 1 aliphatic heterocycles. The first-order valence-corrected chi connectivity index (χ1v) is 4.32. The summed E-state index contributed by atoms with van der Waals surface area (Å²) < 4.78 is 12.4. The van der Waals surface area contributed by atoms with E-state index < -0.39 is 18.4 Å². The Balaban J connectivity index is 2.19. The Morgan fingerprint density at radius 1 is 1.42 bits per heavy atom. The van der Waals surface area contributed by atoms with Crippen molar-refractivity contribution in [1.82, 2.24) is 4.90 Å². The molecule has 0 spiro atoms. The number of likely N-dealkylation sites (tertiary alicyclic amines) is 1. The molecule has 0 aromatic rings. The first-order chi connectivity index (χ1) is 5.59. The lowest BCUT2D eigenvalue weighted by Crippen LogP contribution is -2.24. The second-order valence-electron chi connectivity index (χ2n) is 3.46. The summed E-state index contributed by atoms with van der Waals surface area (Å²) in [6.07, 6.45) is -1.64. The molecule has 0 amide bonds. The Kier molecular flexibility index (Phi) is 3.43. The molecule has 1 saturated heterocycles. The molecule has 0 radical (unpaired) electrons. The fraction of sp³-hybridized carbons (Fsp3) is 1.00. The molecule has 1 unspecified atom stereocenters. The lowest BCUT2D eigenvalue weighted by molar-refractivity contribution is 0.0572. The number of hydrogen-bond donors (Lipinski definition) is 2. The van der Waals surface area contributed by atoms with Crippen molar-refractivity contribution in [2.75, 3.05) is 19.6 Å². The molecule has 1 aliphatic rings. The predicted molar refractivity (Wildman–Crippen MR) is 43.6 cm³/mol. The predicted octanol–water partition coefficient (Wildman–Crippen LogP) is -0.228. The number of aliphatic hydroxyl groups is 2. The fourth-order valence-electron chi connectivity index (χ4n) is 1.39. The molecule has 0 aromatic heterocycles. The minimum absolute atomic E-state index is 0.466. The van der Waals surface area contributed by atoms with Crippen LogP contribution in [0.4, 0.5) is 4.39 Å². The molecule has 3 nitrogen and oxygen atoms in total. The van der Waals surface area contributed by atoms with Gasteiger partial charge in [-0.3, -0.25) is 4.90 Å². The quantitative estimate of drug-likeness (QED) is 0.626. The van der Waals surface area contributed by atoms with Crippen LogP contribution in [0.1, 0.15) is 13.3 Å². The van der Waals surface area contributed by atoms with Gasteiger partial charge in [-0.25, -0.2) is 4.39 Å². The van der Waals surface area contributed by atoms with Crippen LogP contribution in [0.15, 0.2) is 0 Å². The van der Waals surface area contributed by atoms with Gasteiger partial charge in [-0.1, -0.05) is 0 Å². The highest BCUT2D eigenvalue weighted by molar-refractivity contribution is 4.83. The lowest BCUT2D eigenvalue weighted by Gasteiger charge is -2.14. The van der Waals surface area contributed by atoms with Gasteiger partial charge < -0.3 is 10.2 Å². The van der Waals surface area contributed by atoms with E-state index in [1.807, 2.05) is 4.90 Å². The Labute approximate surface area is 71.8 Å². The van der Waals surface area contributed by atoms with E-state index in [2.05, 4.69) is 0 Å². The molecule has 12 heavy (non-hydrogen) atoms. The fourth-order valence-corrected chi connectivity index (χ4v) is 1.39. The topological polar surface area (TPSA) is 43.7 Å². The average molecular weight is 177 g/mol. The molecular weight excluding hydrogens is 161 g/mol. The van der Waals surface area contributed by atoms with Crippen molar-refractivity contribution >= 4 is 0 Å². The minimum Gasteiger partial charge on any atom is -0.389 e. The van der Waals surface area contributed by atoms with E-state index in [9.17, 15) is 4.39 Å². The Morgan fingerprint density at radius 2 is 1.92 bits per heavy atom. The molecule has 72 valence electrons. The third-order valence-corrected chi connectivity index (χ3v) is 2.18. The Bertz CT molecular complexity index is 133. The number of aliphatic hydroxyl groups excluding tert-OH is 2. The number of rotatable bonds is 3. The maximum absolute atomic E-state index is 12.4. The molecule has 1 rings (SSSR count). The van der Waals surface area contributed by atoms with Crippen LogP contribution in [0.2, 0.25) is 0 Å². The van der Waals surface area contributed by atoms with Crippen LogP contribution in [0.3, 0.4) is 0 Å². The molecule has 3 atom stereocenters. The van der Waals surface area contributed by atoms with Gasteiger partial charge in [-0.15, -0.1) is 0 Å². The minimum atomic E-state index is -0.806. The smallest absolute Gasteiger partial charge is 0.0985 e. The summed E-state index contributed by atoms with van der Waals surface area (Å²) in [6, 6.07) is 0. The summed E-state index contributed by atoms with van der Waals surface area (Å²) in [6.45, 7) is 3.07. The van der Waals surface area contributed by atoms with Gasteiger partial charge in [0.05, 0.1) is 18.4 Å². The second-order valence-corrected chi connectivity index (χ2v) is 3.46. The summed E-state index contributed by atoms with van der Waals surface area (Å²) in [5.41, 5.74) is 0. The maximum atomic E-state index is 12.4. The molecule has 4 heteroatoms. The standard InChI is InChI=1S/C8H16FNO2/c1-6(9)2-3-10-4-7(11)8(12)5-10/h6-8,11-12H,2-5H2,1H3/t6?,7-,8+. The first kappa shape index (κ1) is 9.89. The second kappa shape index (κ2) is 4.16. The zero-order chi connectivity index (χ0) is 9.14. The van der Waals surface area contributed by atoms with E-state index in [0.717, 1.165) is 0 Å². The summed E-state index contributed by atoms with van der Waals surface area (Å²) in [7, 11) is 0. The molecule has 0 aliphatic carbocycles. The van der Waals surface area contributed by atoms with Crippen LogP contribution in [0.25, 0.3) is 0 Å². The van der Waals surface area contributed by atoms with Crippen molar-refractivity contribution in [2.24, 2.45) is 0 Å². The van der Waals surface area contributed by atoms with E-state index in [4.69, 9.17) is 10.2 Å². The normalized spacial score (nSPS) is 34.0. The zero-order valence-electron chi connectivity index (χ0n) is 7.28. The highest BCUT2D eigenvalue weighted by Crippen LogP contribution is 2.11. The van der Waals surface area contributed by atoms with Gasteiger partial charge in [-0.2, -0.15) is 0 Å². The number of β-amino-alcohol motifs (C(OH)–C–C–N with tert-alkyl or cyclic N) is 2. The average Bonchev–Trinajstić information content (AvgIpc) is 2.28. The van der Waals surface area contributed by atoms with E-state index in [-0.39, 0.29) is 0 Å². The van der Waals surface area contributed by atoms with Gasteiger partial charge >= 0.3 is 0 Å².